The molecule has 4 heteroatoms. The van der Waals surface area contributed by atoms with E-state index in [9.17, 15) is 4.79 Å². The Morgan fingerprint density at radius 3 is 2.07 bits per heavy atom. The lowest BCUT2D eigenvalue weighted by Crippen LogP contribution is -2.60. The molecule has 3 fully saturated rings. The third-order valence-corrected chi connectivity index (χ3v) is 7.40. The number of nitrogen functional groups attached to an aromatic ring is 1. The van der Waals surface area contributed by atoms with Gasteiger partial charge < -0.3 is 10.6 Å². The Morgan fingerprint density at radius 1 is 0.893 bits per heavy atom. The molecule has 0 unspecified atom stereocenters. The lowest BCUT2D eigenvalue weighted by atomic mass is 9.78. The zero-order valence-corrected chi connectivity index (χ0v) is 17.5. The summed E-state index contributed by atoms with van der Waals surface area (Å²) in [4.78, 5) is 17.6. The summed E-state index contributed by atoms with van der Waals surface area (Å²) in [5.41, 5.74) is 7.87. The van der Waals surface area contributed by atoms with Crippen LogP contribution in [0.2, 0.25) is 0 Å². The Hall–Kier alpha value is -1.55. The van der Waals surface area contributed by atoms with Crippen molar-refractivity contribution in [3.8, 4) is 0 Å². The summed E-state index contributed by atoms with van der Waals surface area (Å²) >= 11 is 0. The van der Waals surface area contributed by atoms with Gasteiger partial charge in [0.05, 0.1) is 11.4 Å². The molecule has 4 nitrogen and oxygen atoms in total. The summed E-state index contributed by atoms with van der Waals surface area (Å²) < 4.78 is 0. The Labute approximate surface area is 170 Å². The molecule has 0 aromatic heterocycles. The number of hydrogen-bond donors (Lipinski definition) is 1. The number of rotatable bonds is 3. The van der Waals surface area contributed by atoms with E-state index in [0.29, 0.717) is 17.8 Å². The maximum atomic E-state index is 12.6. The van der Waals surface area contributed by atoms with Crippen molar-refractivity contribution in [2.24, 2.45) is 0 Å². The smallest absolute Gasteiger partial charge is 0.224 e. The highest BCUT2D eigenvalue weighted by atomic mass is 16.2. The van der Waals surface area contributed by atoms with E-state index in [1.54, 1.807) is 6.92 Å². The molecular formula is C24H37N3O. The number of carbonyl (C=O) groups excluding carboxylic acids is 1. The molecule has 1 amide bonds. The number of amides is 1. The normalized spacial score (nSPS) is 29.7. The molecule has 154 valence electrons. The number of hydrogen-bond acceptors (Lipinski definition) is 3. The van der Waals surface area contributed by atoms with Crippen molar-refractivity contribution >= 4 is 17.3 Å². The molecular weight excluding hydrogens is 346 g/mol. The van der Waals surface area contributed by atoms with Gasteiger partial charge in [-0.25, -0.2) is 0 Å². The van der Waals surface area contributed by atoms with Crippen molar-refractivity contribution in [1.82, 2.24) is 4.90 Å². The van der Waals surface area contributed by atoms with Crippen molar-refractivity contribution in [3.05, 3.63) is 24.3 Å². The van der Waals surface area contributed by atoms with Gasteiger partial charge in [-0.05, 0) is 50.7 Å². The highest BCUT2D eigenvalue weighted by Crippen LogP contribution is 2.41. The van der Waals surface area contributed by atoms with Gasteiger partial charge in [-0.15, -0.1) is 0 Å². The standard InChI is InChI=1S/C24H37N3O/c1-18(28)26(24-15-8-7-14-23(24)25)22-16-20-12-9-13-21(17-22)27(20)19-10-5-3-2-4-6-11-19/h7-8,14-15,19-22H,2-6,9-13,16-17,25H2,1H3/t20-,21+,22-. The molecule has 2 heterocycles. The van der Waals surface area contributed by atoms with Crippen LogP contribution in [-0.4, -0.2) is 35.0 Å². The largest absolute Gasteiger partial charge is 0.397 e. The van der Waals surface area contributed by atoms with Crippen LogP contribution in [-0.2, 0) is 4.79 Å². The molecule has 3 atom stereocenters. The number of nitrogens with two attached hydrogens (primary N) is 1. The molecule has 0 spiro atoms. The molecule has 1 saturated carbocycles. The van der Waals surface area contributed by atoms with Crippen molar-refractivity contribution < 1.29 is 4.79 Å². The van der Waals surface area contributed by atoms with Crippen LogP contribution in [0, 0.1) is 0 Å². The van der Waals surface area contributed by atoms with Gasteiger partial charge in [-0.3, -0.25) is 9.69 Å². The van der Waals surface area contributed by atoms with E-state index in [0.717, 1.165) is 24.6 Å². The molecule has 2 aliphatic heterocycles. The van der Waals surface area contributed by atoms with Crippen molar-refractivity contribution in [2.45, 2.75) is 108 Å². The quantitative estimate of drug-likeness (QED) is 0.737. The Kier molecular flexibility index (Phi) is 6.25. The second kappa shape index (κ2) is 8.86. The summed E-state index contributed by atoms with van der Waals surface area (Å²) in [6.45, 7) is 1.70. The number of benzene rings is 1. The average Bonchev–Trinajstić information content (AvgIpc) is 2.63. The second-order valence-electron chi connectivity index (χ2n) is 9.26. The Bertz CT molecular complexity index is 654. The van der Waals surface area contributed by atoms with Crippen LogP contribution in [0.5, 0.6) is 0 Å². The van der Waals surface area contributed by atoms with E-state index < -0.39 is 0 Å². The van der Waals surface area contributed by atoms with Gasteiger partial charge in [0.1, 0.15) is 0 Å². The fourth-order valence-electron chi connectivity index (χ4n) is 6.26. The Morgan fingerprint density at radius 2 is 1.46 bits per heavy atom. The molecule has 28 heavy (non-hydrogen) atoms. The Balaban J connectivity index is 1.55. The molecule has 1 aliphatic carbocycles. The van der Waals surface area contributed by atoms with Crippen LogP contribution >= 0.6 is 0 Å². The van der Waals surface area contributed by atoms with Gasteiger partial charge in [-0.2, -0.15) is 0 Å². The van der Waals surface area contributed by atoms with Gasteiger partial charge >= 0.3 is 0 Å². The van der Waals surface area contributed by atoms with E-state index in [2.05, 4.69) is 4.90 Å². The third-order valence-electron chi connectivity index (χ3n) is 7.40. The molecule has 2 saturated heterocycles. The zero-order valence-electron chi connectivity index (χ0n) is 17.5. The van der Waals surface area contributed by atoms with Gasteiger partial charge in [0, 0.05) is 31.1 Å². The van der Waals surface area contributed by atoms with Gasteiger partial charge in [0.15, 0.2) is 0 Å². The predicted octanol–water partition coefficient (Wildman–Crippen LogP) is 5.12. The summed E-state index contributed by atoms with van der Waals surface area (Å²) in [5, 5.41) is 0. The van der Waals surface area contributed by atoms with Gasteiger partial charge in [0.25, 0.3) is 0 Å². The first-order valence-electron chi connectivity index (χ1n) is 11.6. The fourth-order valence-corrected chi connectivity index (χ4v) is 6.26. The molecule has 4 rings (SSSR count). The van der Waals surface area contributed by atoms with Gasteiger partial charge in [-0.1, -0.05) is 50.7 Å². The van der Waals surface area contributed by atoms with E-state index in [-0.39, 0.29) is 11.9 Å². The van der Waals surface area contributed by atoms with Crippen molar-refractivity contribution in [3.63, 3.8) is 0 Å². The maximum absolute atomic E-state index is 12.6. The highest BCUT2D eigenvalue weighted by molar-refractivity contribution is 5.95. The minimum atomic E-state index is 0.125. The van der Waals surface area contributed by atoms with Crippen LogP contribution in [0.25, 0.3) is 0 Å². The number of piperidine rings is 2. The van der Waals surface area contributed by atoms with Gasteiger partial charge in [0.2, 0.25) is 5.91 Å². The summed E-state index contributed by atoms with van der Waals surface area (Å²) in [7, 11) is 0. The monoisotopic (exact) mass is 383 g/mol. The minimum absolute atomic E-state index is 0.125. The lowest BCUT2D eigenvalue weighted by Gasteiger charge is -2.54. The van der Waals surface area contributed by atoms with E-state index in [1.807, 2.05) is 29.2 Å². The maximum Gasteiger partial charge on any atom is 0.224 e. The van der Waals surface area contributed by atoms with Crippen LogP contribution in [0.3, 0.4) is 0 Å². The molecule has 2 N–H and O–H groups in total. The SMILES string of the molecule is CC(=O)N(c1ccccc1N)[C@@H]1C[C@H]2CCC[C@@H](C1)N2C1CCCCCCC1. The number of carbonyl (C=O) groups is 1. The highest BCUT2D eigenvalue weighted by Gasteiger charge is 2.43. The molecule has 1 aromatic rings. The average molecular weight is 384 g/mol. The minimum Gasteiger partial charge on any atom is -0.397 e. The van der Waals surface area contributed by atoms with Crippen LogP contribution in [0.15, 0.2) is 24.3 Å². The van der Waals surface area contributed by atoms with Crippen LogP contribution in [0.1, 0.15) is 84.0 Å². The second-order valence-corrected chi connectivity index (χ2v) is 9.26. The number of anilines is 2. The first kappa shape index (κ1) is 19.8. The predicted molar refractivity (Wildman–Crippen MR) is 116 cm³/mol. The topological polar surface area (TPSA) is 49.6 Å². The molecule has 3 aliphatic rings. The van der Waals surface area contributed by atoms with E-state index >= 15 is 0 Å². The van der Waals surface area contributed by atoms with Crippen LogP contribution < -0.4 is 10.6 Å². The summed E-state index contributed by atoms with van der Waals surface area (Å²) in [6.07, 6.45) is 15.9. The lowest BCUT2D eigenvalue weighted by molar-refractivity contribution is -0.117. The van der Waals surface area contributed by atoms with E-state index in [4.69, 9.17) is 5.73 Å². The van der Waals surface area contributed by atoms with Crippen LogP contribution in [0.4, 0.5) is 11.4 Å². The molecule has 0 radical (unpaired) electrons. The van der Waals surface area contributed by atoms with E-state index in [1.165, 1.54) is 64.2 Å². The number of para-hydroxylation sites is 2. The first-order chi connectivity index (χ1) is 13.6. The fraction of sp³-hybridized carbons (Fsp3) is 0.708. The number of nitrogens with zero attached hydrogens (tertiary/aromatic N) is 2. The molecule has 2 bridgehead atoms. The molecule has 1 aromatic carbocycles. The number of fused-ring (bicyclic) bond motifs is 2. The van der Waals surface area contributed by atoms with Crippen molar-refractivity contribution in [1.29, 1.82) is 0 Å². The first-order valence-corrected chi connectivity index (χ1v) is 11.6. The summed E-state index contributed by atoms with van der Waals surface area (Å²) in [5.74, 6) is 0.125. The summed E-state index contributed by atoms with van der Waals surface area (Å²) in [6, 6.07) is 10.2. The zero-order chi connectivity index (χ0) is 19.5. The third kappa shape index (κ3) is 4.07. The van der Waals surface area contributed by atoms with Crippen molar-refractivity contribution in [2.75, 3.05) is 10.6 Å².